The van der Waals surface area contributed by atoms with Crippen molar-refractivity contribution in [3.8, 4) is 0 Å². The van der Waals surface area contributed by atoms with Crippen LogP contribution in [0.25, 0.3) is 0 Å². The summed E-state index contributed by atoms with van der Waals surface area (Å²) in [6.45, 7) is 4.36. The molecule has 0 aromatic carbocycles. The van der Waals surface area contributed by atoms with Crippen molar-refractivity contribution in [3.05, 3.63) is 35.0 Å². The molecule has 0 fully saturated rings. The average molecular weight is 266 g/mol. The molecule has 2 heterocycles. The summed E-state index contributed by atoms with van der Waals surface area (Å²) in [6.07, 6.45) is 2.92. The van der Waals surface area contributed by atoms with Gasteiger partial charge in [-0.15, -0.1) is 0 Å². The number of amides is 1. The van der Waals surface area contributed by atoms with Gasteiger partial charge >= 0.3 is 0 Å². The minimum atomic E-state index is -0.306. The maximum absolute atomic E-state index is 12.1. The van der Waals surface area contributed by atoms with Crippen molar-refractivity contribution < 1.29 is 4.79 Å². The van der Waals surface area contributed by atoms with Crippen LogP contribution in [0.4, 0.5) is 5.82 Å². The third-order valence-corrected chi connectivity index (χ3v) is 2.60. The van der Waals surface area contributed by atoms with Gasteiger partial charge in [-0.25, -0.2) is 9.97 Å². The van der Waals surface area contributed by atoms with Crippen LogP contribution in [0.1, 0.15) is 23.1 Å². The number of aromatic nitrogens is 4. The summed E-state index contributed by atoms with van der Waals surface area (Å²) in [5.74, 6) is -0.0643. The highest BCUT2D eigenvalue weighted by Crippen LogP contribution is 2.15. The topological polar surface area (TPSA) is 72.7 Å². The number of carbonyl (C=O) groups is 1. The van der Waals surface area contributed by atoms with E-state index in [1.807, 2.05) is 13.8 Å². The van der Waals surface area contributed by atoms with Crippen LogP contribution in [0.5, 0.6) is 0 Å². The lowest BCUT2D eigenvalue weighted by Crippen LogP contribution is -2.18. The molecule has 0 atom stereocenters. The third kappa shape index (κ3) is 2.48. The van der Waals surface area contributed by atoms with E-state index in [0.29, 0.717) is 12.2 Å². The first-order chi connectivity index (χ1) is 8.61. The Kier molecular flexibility index (Phi) is 3.57. The molecule has 0 saturated carbocycles. The first-order valence-electron chi connectivity index (χ1n) is 5.44. The van der Waals surface area contributed by atoms with E-state index in [1.54, 1.807) is 10.7 Å². The summed E-state index contributed by atoms with van der Waals surface area (Å²) in [6, 6.07) is 1.71. The number of hydrogen-bond acceptors (Lipinski definition) is 4. The molecule has 0 saturated heterocycles. The maximum Gasteiger partial charge on any atom is 0.275 e. The van der Waals surface area contributed by atoms with Gasteiger partial charge in [0, 0.05) is 18.9 Å². The molecule has 0 spiro atoms. The second kappa shape index (κ2) is 5.14. The highest BCUT2D eigenvalue weighted by atomic mass is 35.5. The molecule has 1 N–H and O–H groups in total. The van der Waals surface area contributed by atoms with Crippen LogP contribution in [0, 0.1) is 6.92 Å². The predicted molar refractivity (Wildman–Crippen MR) is 67.6 cm³/mol. The molecule has 18 heavy (non-hydrogen) atoms. The van der Waals surface area contributed by atoms with Gasteiger partial charge in [0.05, 0.1) is 5.69 Å². The molecule has 94 valence electrons. The smallest absolute Gasteiger partial charge is 0.275 e. The Morgan fingerprint density at radius 1 is 1.44 bits per heavy atom. The molecule has 2 aromatic rings. The van der Waals surface area contributed by atoms with Crippen LogP contribution >= 0.6 is 11.6 Å². The molecule has 0 bridgehead atoms. The van der Waals surface area contributed by atoms with Gasteiger partial charge in [0.1, 0.15) is 5.69 Å². The van der Waals surface area contributed by atoms with E-state index < -0.39 is 0 Å². The SMILES string of the molecule is CCn1nc(C)cc1C(=O)Nc1nccnc1Cl. The predicted octanol–water partition coefficient (Wildman–Crippen LogP) is 1.91. The fraction of sp³-hybridized carbons (Fsp3) is 0.273. The average Bonchev–Trinajstić information content (AvgIpc) is 2.73. The molecule has 0 aliphatic heterocycles. The Labute approximate surface area is 109 Å². The van der Waals surface area contributed by atoms with Crippen molar-refractivity contribution in [2.75, 3.05) is 5.32 Å². The highest BCUT2D eigenvalue weighted by Gasteiger charge is 2.15. The Bertz CT molecular complexity index is 581. The zero-order valence-corrected chi connectivity index (χ0v) is 10.8. The summed E-state index contributed by atoms with van der Waals surface area (Å²) >= 11 is 5.82. The summed E-state index contributed by atoms with van der Waals surface area (Å²) in [4.78, 5) is 19.9. The van der Waals surface area contributed by atoms with E-state index in [9.17, 15) is 4.79 Å². The molecule has 7 heteroatoms. The molecule has 1 amide bonds. The molecular formula is C11H12ClN5O. The lowest BCUT2D eigenvalue weighted by molar-refractivity contribution is 0.101. The van der Waals surface area contributed by atoms with Crippen LogP contribution < -0.4 is 5.32 Å². The van der Waals surface area contributed by atoms with Gasteiger partial charge in [-0.1, -0.05) is 11.6 Å². The zero-order valence-electron chi connectivity index (χ0n) is 10.0. The van der Waals surface area contributed by atoms with Crippen molar-refractivity contribution in [1.29, 1.82) is 0 Å². The molecule has 2 aromatic heterocycles. The summed E-state index contributed by atoms with van der Waals surface area (Å²) < 4.78 is 1.62. The van der Waals surface area contributed by atoms with Crippen LogP contribution in [-0.4, -0.2) is 25.7 Å². The van der Waals surface area contributed by atoms with E-state index >= 15 is 0 Å². The lowest BCUT2D eigenvalue weighted by Gasteiger charge is -2.06. The number of hydrogen-bond donors (Lipinski definition) is 1. The zero-order chi connectivity index (χ0) is 13.1. The van der Waals surface area contributed by atoms with Gasteiger partial charge in [-0.3, -0.25) is 9.48 Å². The largest absolute Gasteiger partial charge is 0.303 e. The van der Waals surface area contributed by atoms with Crippen molar-refractivity contribution in [1.82, 2.24) is 19.7 Å². The summed E-state index contributed by atoms with van der Waals surface area (Å²) in [7, 11) is 0. The van der Waals surface area contributed by atoms with Crippen molar-refractivity contribution >= 4 is 23.3 Å². The highest BCUT2D eigenvalue weighted by molar-refractivity contribution is 6.32. The minimum Gasteiger partial charge on any atom is -0.303 e. The first-order valence-corrected chi connectivity index (χ1v) is 5.82. The van der Waals surface area contributed by atoms with Crippen LogP contribution in [0.15, 0.2) is 18.5 Å². The maximum atomic E-state index is 12.1. The molecule has 6 nitrogen and oxygen atoms in total. The van der Waals surface area contributed by atoms with Gasteiger partial charge < -0.3 is 5.32 Å². The number of anilines is 1. The lowest BCUT2D eigenvalue weighted by atomic mass is 10.3. The molecular weight excluding hydrogens is 254 g/mol. The standard InChI is InChI=1S/C11H12ClN5O/c1-3-17-8(6-7(2)16-17)11(18)15-10-9(12)13-4-5-14-10/h4-6H,3H2,1-2H3,(H,14,15,18). The van der Waals surface area contributed by atoms with Gasteiger partial charge in [-0.2, -0.15) is 5.10 Å². The quantitative estimate of drug-likeness (QED) is 0.920. The van der Waals surface area contributed by atoms with Crippen LogP contribution in [-0.2, 0) is 6.54 Å². The van der Waals surface area contributed by atoms with Gasteiger partial charge in [-0.05, 0) is 19.9 Å². The van der Waals surface area contributed by atoms with Gasteiger partial charge in [0.25, 0.3) is 5.91 Å². The number of halogens is 1. The minimum absolute atomic E-state index is 0.158. The Morgan fingerprint density at radius 3 is 2.83 bits per heavy atom. The van der Waals surface area contributed by atoms with Crippen LogP contribution in [0.2, 0.25) is 5.15 Å². The summed E-state index contributed by atoms with van der Waals surface area (Å²) in [5, 5.41) is 6.97. The van der Waals surface area contributed by atoms with E-state index in [0.717, 1.165) is 5.69 Å². The van der Waals surface area contributed by atoms with E-state index in [4.69, 9.17) is 11.6 Å². The van der Waals surface area contributed by atoms with Crippen molar-refractivity contribution in [3.63, 3.8) is 0 Å². The van der Waals surface area contributed by atoms with E-state index in [-0.39, 0.29) is 16.9 Å². The normalized spacial score (nSPS) is 10.4. The van der Waals surface area contributed by atoms with Crippen molar-refractivity contribution in [2.45, 2.75) is 20.4 Å². The fourth-order valence-electron chi connectivity index (χ4n) is 1.55. The Balaban J connectivity index is 2.25. The van der Waals surface area contributed by atoms with E-state index in [1.165, 1.54) is 12.4 Å². The molecule has 0 radical (unpaired) electrons. The molecule has 0 aliphatic rings. The number of rotatable bonds is 3. The molecule has 2 rings (SSSR count). The first kappa shape index (κ1) is 12.5. The number of carbonyl (C=O) groups excluding carboxylic acids is 1. The monoisotopic (exact) mass is 265 g/mol. The second-order valence-electron chi connectivity index (χ2n) is 3.64. The number of nitrogens with zero attached hydrogens (tertiary/aromatic N) is 4. The second-order valence-corrected chi connectivity index (χ2v) is 3.99. The van der Waals surface area contributed by atoms with Crippen LogP contribution in [0.3, 0.4) is 0 Å². The molecule has 0 unspecified atom stereocenters. The van der Waals surface area contributed by atoms with Crippen molar-refractivity contribution in [2.24, 2.45) is 0 Å². The molecule has 0 aliphatic carbocycles. The van der Waals surface area contributed by atoms with Gasteiger partial charge in [0.15, 0.2) is 11.0 Å². The number of nitrogens with one attached hydrogen (secondary N) is 1. The van der Waals surface area contributed by atoms with Gasteiger partial charge in [0.2, 0.25) is 0 Å². The summed E-state index contributed by atoms with van der Waals surface area (Å²) in [5.41, 5.74) is 1.25. The Hall–Kier alpha value is -1.95. The number of aryl methyl sites for hydroxylation is 2. The fourth-order valence-corrected chi connectivity index (χ4v) is 1.70. The third-order valence-electron chi connectivity index (χ3n) is 2.32. The Morgan fingerprint density at radius 2 is 2.17 bits per heavy atom. The van der Waals surface area contributed by atoms with E-state index in [2.05, 4.69) is 20.4 Å².